The predicted molar refractivity (Wildman–Crippen MR) is 77.2 cm³/mol. The molecule has 0 bridgehead atoms. The molecule has 1 aromatic rings. The molecule has 2 atom stereocenters. The predicted octanol–water partition coefficient (Wildman–Crippen LogP) is 4.14. The van der Waals surface area contributed by atoms with Crippen molar-refractivity contribution in [2.75, 3.05) is 5.75 Å². The fraction of sp³-hybridized carbons (Fsp3) is 0.600. The summed E-state index contributed by atoms with van der Waals surface area (Å²) in [6.45, 7) is 1.97. The third-order valence-electron chi connectivity index (χ3n) is 3.68. The summed E-state index contributed by atoms with van der Waals surface area (Å²) in [6, 6.07) is 7.00. The molecule has 0 amide bonds. The summed E-state index contributed by atoms with van der Waals surface area (Å²) in [5.41, 5.74) is 6.79. The molecule has 0 saturated heterocycles. The van der Waals surface area contributed by atoms with Crippen LogP contribution >= 0.6 is 11.8 Å². The van der Waals surface area contributed by atoms with Crippen LogP contribution in [-0.4, -0.2) is 11.8 Å². The lowest BCUT2D eigenvalue weighted by Gasteiger charge is -2.23. The number of benzene rings is 1. The Labute approximate surface area is 113 Å². The monoisotopic (exact) mass is 267 g/mol. The van der Waals surface area contributed by atoms with Gasteiger partial charge in [0.25, 0.3) is 0 Å². The Morgan fingerprint density at radius 2 is 2.00 bits per heavy atom. The third kappa shape index (κ3) is 3.48. The molecule has 1 fully saturated rings. The second kappa shape index (κ2) is 6.58. The van der Waals surface area contributed by atoms with E-state index in [0.29, 0.717) is 0 Å². The maximum atomic E-state index is 13.8. The second-order valence-electron chi connectivity index (χ2n) is 5.29. The Kier molecular flexibility index (Phi) is 5.07. The summed E-state index contributed by atoms with van der Waals surface area (Å²) < 4.78 is 13.8. The minimum absolute atomic E-state index is 0.0201. The molecule has 0 heterocycles. The molecule has 1 nitrogen and oxygen atoms in total. The minimum Gasteiger partial charge on any atom is -0.327 e. The standard InChI is InChI=1S/C15H22FNS/c1-11(17)15(13-8-4-5-9-14(13)16)18-10-12-6-2-3-7-12/h4-5,8-9,11-12,15H,2-3,6-7,10,17H2,1H3. The third-order valence-corrected chi connectivity index (χ3v) is 5.38. The van der Waals surface area contributed by atoms with Crippen LogP contribution in [0.2, 0.25) is 0 Å². The van der Waals surface area contributed by atoms with Crippen molar-refractivity contribution >= 4 is 11.8 Å². The summed E-state index contributed by atoms with van der Waals surface area (Å²) in [5.74, 6) is 1.79. The van der Waals surface area contributed by atoms with Gasteiger partial charge in [0.15, 0.2) is 0 Å². The molecule has 0 spiro atoms. The number of halogens is 1. The zero-order chi connectivity index (χ0) is 13.0. The number of hydrogen-bond acceptors (Lipinski definition) is 2. The van der Waals surface area contributed by atoms with E-state index in [4.69, 9.17) is 5.73 Å². The van der Waals surface area contributed by atoms with E-state index in [1.165, 1.54) is 31.7 Å². The van der Waals surface area contributed by atoms with E-state index in [0.717, 1.165) is 17.2 Å². The Hall–Kier alpha value is -0.540. The first-order valence-corrected chi connectivity index (χ1v) is 7.85. The molecule has 18 heavy (non-hydrogen) atoms. The maximum absolute atomic E-state index is 13.8. The molecule has 2 unspecified atom stereocenters. The molecule has 1 saturated carbocycles. The molecule has 2 N–H and O–H groups in total. The molecule has 0 aromatic heterocycles. The van der Waals surface area contributed by atoms with Gasteiger partial charge in [-0.3, -0.25) is 0 Å². The highest BCUT2D eigenvalue weighted by molar-refractivity contribution is 7.99. The summed E-state index contributed by atoms with van der Waals surface area (Å²) >= 11 is 1.83. The number of nitrogens with two attached hydrogens (primary N) is 1. The maximum Gasteiger partial charge on any atom is 0.127 e. The van der Waals surface area contributed by atoms with Crippen molar-refractivity contribution in [3.8, 4) is 0 Å². The SMILES string of the molecule is CC(N)C(SCC1CCCC1)c1ccccc1F. The van der Waals surface area contributed by atoms with Crippen molar-refractivity contribution in [1.29, 1.82) is 0 Å². The van der Waals surface area contributed by atoms with Crippen LogP contribution in [-0.2, 0) is 0 Å². The first kappa shape index (κ1) is 13.9. The molecule has 1 aliphatic carbocycles. The van der Waals surface area contributed by atoms with E-state index in [2.05, 4.69) is 0 Å². The highest BCUT2D eigenvalue weighted by Gasteiger charge is 2.23. The van der Waals surface area contributed by atoms with Gasteiger partial charge >= 0.3 is 0 Å². The van der Waals surface area contributed by atoms with Gasteiger partial charge in [-0.25, -0.2) is 4.39 Å². The van der Waals surface area contributed by atoms with Crippen molar-refractivity contribution in [2.45, 2.75) is 43.9 Å². The first-order chi connectivity index (χ1) is 8.68. The van der Waals surface area contributed by atoms with Crippen molar-refractivity contribution in [2.24, 2.45) is 11.7 Å². The van der Waals surface area contributed by atoms with Crippen LogP contribution < -0.4 is 5.73 Å². The van der Waals surface area contributed by atoms with Crippen LogP contribution in [0, 0.1) is 11.7 Å². The van der Waals surface area contributed by atoms with Crippen LogP contribution in [0.3, 0.4) is 0 Å². The molecule has 0 radical (unpaired) electrons. The van der Waals surface area contributed by atoms with Crippen LogP contribution in [0.4, 0.5) is 4.39 Å². The van der Waals surface area contributed by atoms with E-state index in [-0.39, 0.29) is 17.1 Å². The van der Waals surface area contributed by atoms with Crippen LogP contribution in [0.15, 0.2) is 24.3 Å². The van der Waals surface area contributed by atoms with E-state index >= 15 is 0 Å². The molecule has 1 aliphatic rings. The zero-order valence-electron chi connectivity index (χ0n) is 10.9. The van der Waals surface area contributed by atoms with Gasteiger partial charge in [-0.15, -0.1) is 0 Å². The topological polar surface area (TPSA) is 26.0 Å². The van der Waals surface area contributed by atoms with Gasteiger partial charge < -0.3 is 5.73 Å². The molecule has 100 valence electrons. The first-order valence-electron chi connectivity index (χ1n) is 6.80. The number of rotatable bonds is 5. The van der Waals surface area contributed by atoms with Crippen molar-refractivity contribution in [3.63, 3.8) is 0 Å². The van der Waals surface area contributed by atoms with Gasteiger partial charge in [0.2, 0.25) is 0 Å². The fourth-order valence-electron chi connectivity index (χ4n) is 2.65. The number of hydrogen-bond donors (Lipinski definition) is 1. The van der Waals surface area contributed by atoms with E-state index < -0.39 is 0 Å². The Balaban J connectivity index is 2.01. The molecule has 2 rings (SSSR count). The molecule has 3 heteroatoms. The summed E-state index contributed by atoms with van der Waals surface area (Å²) in [7, 11) is 0. The van der Waals surface area contributed by atoms with Crippen LogP contribution in [0.1, 0.15) is 43.4 Å². The van der Waals surface area contributed by atoms with Gasteiger partial charge in [0, 0.05) is 16.9 Å². The fourth-order valence-corrected chi connectivity index (χ4v) is 4.13. The van der Waals surface area contributed by atoms with Crippen molar-refractivity contribution in [1.82, 2.24) is 0 Å². The quantitative estimate of drug-likeness (QED) is 0.867. The van der Waals surface area contributed by atoms with E-state index in [9.17, 15) is 4.39 Å². The smallest absolute Gasteiger partial charge is 0.127 e. The molecule has 1 aromatic carbocycles. The highest BCUT2D eigenvalue weighted by atomic mass is 32.2. The van der Waals surface area contributed by atoms with Gasteiger partial charge in [-0.1, -0.05) is 31.0 Å². The number of thioether (sulfide) groups is 1. The van der Waals surface area contributed by atoms with Crippen molar-refractivity contribution < 1.29 is 4.39 Å². The van der Waals surface area contributed by atoms with Gasteiger partial charge in [-0.05, 0) is 37.5 Å². The lowest BCUT2D eigenvalue weighted by molar-refractivity contribution is 0.588. The zero-order valence-corrected chi connectivity index (χ0v) is 11.8. The van der Waals surface area contributed by atoms with Crippen LogP contribution in [0.5, 0.6) is 0 Å². The lowest BCUT2D eigenvalue weighted by atomic mass is 10.1. The van der Waals surface area contributed by atoms with Gasteiger partial charge in [0.1, 0.15) is 5.82 Å². The summed E-state index contributed by atoms with van der Waals surface area (Å²) in [5, 5.41) is 0.0757. The molecular weight excluding hydrogens is 245 g/mol. The minimum atomic E-state index is -0.126. The summed E-state index contributed by atoms with van der Waals surface area (Å²) in [6.07, 6.45) is 5.37. The molecular formula is C15H22FNS. The van der Waals surface area contributed by atoms with Crippen molar-refractivity contribution in [3.05, 3.63) is 35.6 Å². The lowest BCUT2D eigenvalue weighted by Crippen LogP contribution is -2.24. The normalized spacial score (nSPS) is 19.9. The second-order valence-corrected chi connectivity index (χ2v) is 6.46. The Morgan fingerprint density at radius 3 is 2.61 bits per heavy atom. The highest BCUT2D eigenvalue weighted by Crippen LogP contribution is 2.37. The average Bonchev–Trinajstić information content (AvgIpc) is 2.84. The Morgan fingerprint density at radius 1 is 1.33 bits per heavy atom. The van der Waals surface area contributed by atoms with Gasteiger partial charge in [0.05, 0.1) is 0 Å². The summed E-state index contributed by atoms with van der Waals surface area (Å²) in [4.78, 5) is 0. The molecule has 0 aliphatic heterocycles. The Bertz CT molecular complexity index is 375. The largest absolute Gasteiger partial charge is 0.327 e. The van der Waals surface area contributed by atoms with E-state index in [1.54, 1.807) is 6.07 Å². The van der Waals surface area contributed by atoms with Crippen LogP contribution in [0.25, 0.3) is 0 Å². The van der Waals surface area contributed by atoms with E-state index in [1.807, 2.05) is 30.8 Å². The average molecular weight is 267 g/mol. The van der Waals surface area contributed by atoms with Gasteiger partial charge in [-0.2, -0.15) is 11.8 Å².